The molecule has 0 aliphatic carbocycles. The van der Waals surface area contributed by atoms with Crippen molar-refractivity contribution in [3.8, 4) is 0 Å². The van der Waals surface area contributed by atoms with E-state index >= 15 is 0 Å². The zero-order valence-corrected chi connectivity index (χ0v) is 14.9. The molecule has 2 atom stereocenters. The molecule has 0 radical (unpaired) electrons. The number of nitrogens with zero attached hydrogens (tertiary/aromatic N) is 3. The predicted molar refractivity (Wildman–Crippen MR) is 91.5 cm³/mol. The van der Waals surface area contributed by atoms with Crippen LogP contribution >= 0.6 is 0 Å². The summed E-state index contributed by atoms with van der Waals surface area (Å²) in [5.74, 6) is 1.37. The highest BCUT2D eigenvalue weighted by Gasteiger charge is 2.36. The van der Waals surface area contributed by atoms with E-state index < -0.39 is 0 Å². The first-order valence-corrected chi connectivity index (χ1v) is 8.49. The summed E-state index contributed by atoms with van der Waals surface area (Å²) in [5.41, 5.74) is 3.55. The topological polar surface area (TPSA) is 51.5 Å². The maximum Gasteiger partial charge on any atom is 0.234 e. The lowest BCUT2D eigenvalue weighted by molar-refractivity contribution is 0.00719. The number of rotatable bonds is 4. The Kier molecular flexibility index (Phi) is 4.43. The van der Waals surface area contributed by atoms with E-state index in [1.165, 1.54) is 5.69 Å². The summed E-state index contributed by atoms with van der Waals surface area (Å²) in [6.07, 6.45) is 3.40. The minimum Gasteiger partial charge on any atom is -0.377 e. The first-order chi connectivity index (χ1) is 10.9. The van der Waals surface area contributed by atoms with Gasteiger partial charge in [0, 0.05) is 37.0 Å². The maximum absolute atomic E-state index is 5.95. The summed E-state index contributed by atoms with van der Waals surface area (Å²) in [7, 11) is 0. The first-order valence-electron chi connectivity index (χ1n) is 8.49. The Morgan fingerprint density at radius 2 is 2.13 bits per heavy atom. The van der Waals surface area contributed by atoms with Gasteiger partial charge in [-0.3, -0.25) is 4.40 Å². The third-order valence-corrected chi connectivity index (χ3v) is 4.64. The first kappa shape index (κ1) is 16.4. The molecule has 5 heteroatoms. The summed E-state index contributed by atoms with van der Waals surface area (Å²) >= 11 is 0. The Bertz CT molecular complexity index is 686. The molecule has 1 fully saturated rings. The summed E-state index contributed by atoms with van der Waals surface area (Å²) in [5, 5.41) is 3.60. The molecule has 0 bridgehead atoms. The number of ether oxygens (including phenoxy) is 1. The number of aromatic nitrogens is 3. The van der Waals surface area contributed by atoms with Gasteiger partial charge in [0.05, 0.1) is 18.0 Å². The van der Waals surface area contributed by atoms with Gasteiger partial charge in [-0.1, -0.05) is 20.8 Å². The lowest BCUT2D eigenvalue weighted by Gasteiger charge is -2.31. The fourth-order valence-electron chi connectivity index (χ4n) is 3.71. The van der Waals surface area contributed by atoms with Crippen LogP contribution in [0, 0.1) is 25.2 Å². The van der Waals surface area contributed by atoms with Crippen molar-refractivity contribution in [2.24, 2.45) is 11.3 Å². The number of hydrogen-bond donors (Lipinski definition) is 1. The zero-order chi connectivity index (χ0) is 16.6. The molecule has 1 aliphatic rings. The van der Waals surface area contributed by atoms with Gasteiger partial charge < -0.3 is 10.1 Å². The van der Waals surface area contributed by atoms with Crippen molar-refractivity contribution in [2.75, 3.05) is 13.2 Å². The summed E-state index contributed by atoms with van der Waals surface area (Å²) in [6, 6.07) is 2.10. The minimum atomic E-state index is 0.199. The van der Waals surface area contributed by atoms with Crippen LogP contribution in [0.3, 0.4) is 0 Å². The number of imidazole rings is 1. The second-order valence-electron chi connectivity index (χ2n) is 7.76. The Morgan fingerprint density at radius 1 is 1.35 bits per heavy atom. The molecular weight excluding hydrogens is 288 g/mol. The molecule has 0 amide bonds. The van der Waals surface area contributed by atoms with Crippen LogP contribution in [0.25, 0.3) is 5.78 Å². The van der Waals surface area contributed by atoms with Gasteiger partial charge in [-0.25, -0.2) is 9.97 Å². The van der Waals surface area contributed by atoms with Crippen LogP contribution in [0.15, 0.2) is 12.3 Å². The molecular formula is C18H28N4O. The molecule has 23 heavy (non-hydrogen) atoms. The fraction of sp³-hybridized carbons (Fsp3) is 0.667. The Hall–Kier alpha value is -1.46. The van der Waals surface area contributed by atoms with Crippen molar-refractivity contribution in [3.63, 3.8) is 0 Å². The monoisotopic (exact) mass is 316 g/mol. The molecule has 1 saturated heterocycles. The summed E-state index contributed by atoms with van der Waals surface area (Å²) in [6.45, 7) is 13.6. The van der Waals surface area contributed by atoms with Gasteiger partial charge in [-0.05, 0) is 31.7 Å². The van der Waals surface area contributed by atoms with E-state index in [2.05, 4.69) is 53.4 Å². The highest BCUT2D eigenvalue weighted by Crippen LogP contribution is 2.34. The number of aryl methyl sites for hydroxylation is 2. The predicted octanol–water partition coefficient (Wildman–Crippen LogP) is 2.89. The molecule has 2 aromatic rings. The summed E-state index contributed by atoms with van der Waals surface area (Å²) < 4.78 is 8.08. The highest BCUT2D eigenvalue weighted by atomic mass is 16.5. The van der Waals surface area contributed by atoms with Crippen LogP contribution in [0.2, 0.25) is 0 Å². The fourth-order valence-corrected chi connectivity index (χ4v) is 3.71. The van der Waals surface area contributed by atoms with Crippen molar-refractivity contribution >= 4 is 5.78 Å². The van der Waals surface area contributed by atoms with Crippen molar-refractivity contribution in [3.05, 3.63) is 29.3 Å². The van der Waals surface area contributed by atoms with Crippen LogP contribution in [0.1, 0.15) is 44.3 Å². The molecule has 2 aromatic heterocycles. The molecule has 3 heterocycles. The van der Waals surface area contributed by atoms with Gasteiger partial charge in [0.15, 0.2) is 0 Å². The third kappa shape index (κ3) is 3.40. The van der Waals surface area contributed by atoms with Crippen LogP contribution < -0.4 is 5.32 Å². The number of fused-ring (bicyclic) bond motifs is 1. The van der Waals surface area contributed by atoms with Crippen molar-refractivity contribution in [1.29, 1.82) is 0 Å². The molecule has 0 unspecified atom stereocenters. The zero-order valence-electron chi connectivity index (χ0n) is 14.9. The number of hydrogen-bond acceptors (Lipinski definition) is 4. The van der Waals surface area contributed by atoms with E-state index in [4.69, 9.17) is 4.74 Å². The maximum atomic E-state index is 5.95. The summed E-state index contributed by atoms with van der Waals surface area (Å²) in [4.78, 5) is 8.92. The van der Waals surface area contributed by atoms with Gasteiger partial charge in [0.2, 0.25) is 5.78 Å². The molecule has 0 saturated carbocycles. The molecule has 1 aliphatic heterocycles. The van der Waals surface area contributed by atoms with Crippen LogP contribution in [-0.2, 0) is 11.3 Å². The quantitative estimate of drug-likeness (QED) is 0.942. The highest BCUT2D eigenvalue weighted by molar-refractivity contribution is 5.35. The van der Waals surface area contributed by atoms with E-state index in [9.17, 15) is 0 Å². The van der Waals surface area contributed by atoms with Crippen LogP contribution in [0.5, 0.6) is 0 Å². The molecule has 3 rings (SSSR count). The number of nitrogens with one attached hydrogen (secondary N) is 1. The SMILES string of the molecule is Cc1cc(C)n2c(CNC[C@H]3CCO[C@@H]3C(C)(C)C)cnc2n1. The molecule has 0 aromatic carbocycles. The smallest absolute Gasteiger partial charge is 0.234 e. The van der Waals surface area contributed by atoms with Crippen LogP contribution in [-0.4, -0.2) is 33.6 Å². The van der Waals surface area contributed by atoms with E-state index in [0.29, 0.717) is 12.0 Å². The lowest BCUT2D eigenvalue weighted by Crippen LogP contribution is -2.36. The molecule has 5 nitrogen and oxygen atoms in total. The van der Waals surface area contributed by atoms with E-state index in [0.717, 1.165) is 43.3 Å². The van der Waals surface area contributed by atoms with Gasteiger partial charge in [0.25, 0.3) is 0 Å². The molecule has 0 spiro atoms. The average molecular weight is 316 g/mol. The van der Waals surface area contributed by atoms with Gasteiger partial charge in [0.1, 0.15) is 0 Å². The van der Waals surface area contributed by atoms with Crippen molar-refractivity contribution < 1.29 is 4.74 Å². The molecule has 126 valence electrons. The van der Waals surface area contributed by atoms with E-state index in [1.807, 2.05) is 13.1 Å². The Balaban J connectivity index is 1.65. The Morgan fingerprint density at radius 3 is 2.87 bits per heavy atom. The van der Waals surface area contributed by atoms with Crippen LogP contribution in [0.4, 0.5) is 0 Å². The average Bonchev–Trinajstić information content (AvgIpc) is 3.05. The Labute approximate surface area is 138 Å². The second-order valence-corrected chi connectivity index (χ2v) is 7.76. The third-order valence-electron chi connectivity index (χ3n) is 4.64. The van der Waals surface area contributed by atoms with E-state index in [-0.39, 0.29) is 5.41 Å². The second kappa shape index (κ2) is 6.21. The molecule has 1 N–H and O–H groups in total. The van der Waals surface area contributed by atoms with Gasteiger partial charge in [-0.2, -0.15) is 0 Å². The van der Waals surface area contributed by atoms with Gasteiger partial charge >= 0.3 is 0 Å². The largest absolute Gasteiger partial charge is 0.377 e. The van der Waals surface area contributed by atoms with Crippen molar-refractivity contribution in [2.45, 2.75) is 53.7 Å². The minimum absolute atomic E-state index is 0.199. The normalized spacial score (nSPS) is 22.1. The standard InChI is InChI=1S/C18H28N4O/c1-12-8-13(2)22-15(11-20-17(22)21-12)10-19-9-14-6-7-23-16(14)18(3,4)5/h8,11,14,16,19H,6-7,9-10H2,1-5H3/t14-,16+/m1/s1. The lowest BCUT2D eigenvalue weighted by atomic mass is 9.81. The van der Waals surface area contributed by atoms with E-state index in [1.54, 1.807) is 0 Å². The van der Waals surface area contributed by atoms with Gasteiger partial charge in [-0.15, -0.1) is 0 Å². The van der Waals surface area contributed by atoms with Crippen molar-refractivity contribution in [1.82, 2.24) is 19.7 Å².